The molecule has 198 valence electrons. The molecule has 6 rings (SSSR count). The molecule has 3 heterocycles. The van der Waals surface area contributed by atoms with Crippen molar-refractivity contribution in [2.24, 2.45) is 11.8 Å². The van der Waals surface area contributed by atoms with E-state index in [0.717, 1.165) is 41.4 Å². The first-order chi connectivity index (χ1) is 18.7. The maximum absolute atomic E-state index is 12.9. The van der Waals surface area contributed by atoms with Crippen LogP contribution in [0.5, 0.6) is 5.75 Å². The van der Waals surface area contributed by atoms with E-state index in [2.05, 4.69) is 34.1 Å². The van der Waals surface area contributed by atoms with Gasteiger partial charge in [-0.05, 0) is 98.3 Å². The molecule has 0 unspecified atom stereocenters. The van der Waals surface area contributed by atoms with Crippen molar-refractivity contribution in [1.29, 1.82) is 0 Å². The summed E-state index contributed by atoms with van der Waals surface area (Å²) in [6.45, 7) is 4.53. The highest BCUT2D eigenvalue weighted by molar-refractivity contribution is 5.96. The summed E-state index contributed by atoms with van der Waals surface area (Å²) >= 11 is 0. The minimum atomic E-state index is 0.296. The predicted octanol–water partition coefficient (Wildman–Crippen LogP) is 7.33. The smallest absolute Gasteiger partial charge is 0.163 e. The highest BCUT2D eigenvalue weighted by atomic mass is 16.5. The molecule has 1 saturated carbocycles. The Bertz CT molecular complexity index is 1210. The van der Waals surface area contributed by atoms with Crippen molar-refractivity contribution < 1.29 is 9.53 Å². The van der Waals surface area contributed by atoms with Crippen LogP contribution in [0.1, 0.15) is 78.8 Å². The first kappa shape index (κ1) is 25.3. The number of nitrogens with zero attached hydrogens (tertiary/aromatic N) is 2. The number of rotatable bonds is 8. The minimum Gasteiger partial charge on any atom is -0.493 e. The SMILES string of the molecule is O=C(CC1CCC(CCN2CCC(c3cccc4c3CCO4)CC2)CC1)c1ccc(-c2cccnc2)cc1. The van der Waals surface area contributed by atoms with Crippen LogP contribution in [0.4, 0.5) is 0 Å². The average molecular weight is 509 g/mol. The lowest BCUT2D eigenvalue weighted by atomic mass is 9.78. The molecule has 4 heteroatoms. The molecule has 0 bridgehead atoms. The fourth-order valence-electron chi connectivity index (χ4n) is 6.95. The van der Waals surface area contributed by atoms with Crippen LogP contribution in [0.3, 0.4) is 0 Å². The van der Waals surface area contributed by atoms with Gasteiger partial charge in [-0.25, -0.2) is 0 Å². The van der Waals surface area contributed by atoms with Gasteiger partial charge in [0, 0.05) is 36.4 Å². The van der Waals surface area contributed by atoms with Crippen LogP contribution in [0.2, 0.25) is 0 Å². The van der Waals surface area contributed by atoms with Crippen molar-refractivity contribution in [3.8, 4) is 16.9 Å². The van der Waals surface area contributed by atoms with E-state index >= 15 is 0 Å². The number of aromatic nitrogens is 1. The molecule has 2 fully saturated rings. The molecule has 0 N–H and O–H groups in total. The molecule has 0 atom stereocenters. The Hall–Kier alpha value is -2.98. The third-order valence-electron chi connectivity index (χ3n) is 9.30. The van der Waals surface area contributed by atoms with Crippen LogP contribution in [-0.2, 0) is 6.42 Å². The van der Waals surface area contributed by atoms with Crippen LogP contribution in [-0.4, -0.2) is 41.9 Å². The zero-order valence-electron chi connectivity index (χ0n) is 22.5. The van der Waals surface area contributed by atoms with Crippen molar-refractivity contribution in [1.82, 2.24) is 9.88 Å². The van der Waals surface area contributed by atoms with E-state index in [9.17, 15) is 4.79 Å². The number of benzene rings is 2. The molecule has 1 aliphatic carbocycles. The largest absolute Gasteiger partial charge is 0.493 e. The van der Waals surface area contributed by atoms with Crippen LogP contribution in [0.25, 0.3) is 11.1 Å². The van der Waals surface area contributed by atoms with Gasteiger partial charge in [0.25, 0.3) is 0 Å². The summed E-state index contributed by atoms with van der Waals surface area (Å²) in [7, 11) is 0. The third-order valence-corrected chi connectivity index (χ3v) is 9.30. The van der Waals surface area contributed by atoms with Crippen LogP contribution in [0.15, 0.2) is 67.0 Å². The van der Waals surface area contributed by atoms with Gasteiger partial charge in [0.1, 0.15) is 5.75 Å². The van der Waals surface area contributed by atoms with E-state index in [1.54, 1.807) is 11.8 Å². The molecular formula is C34H40N2O2. The van der Waals surface area contributed by atoms with Gasteiger partial charge in [0.15, 0.2) is 5.78 Å². The maximum atomic E-state index is 12.9. The highest BCUT2D eigenvalue weighted by Crippen LogP contribution is 2.38. The number of carbonyl (C=O) groups is 1. The summed E-state index contributed by atoms with van der Waals surface area (Å²) in [4.78, 5) is 19.8. The fraction of sp³-hybridized carbons (Fsp3) is 0.471. The number of ketones is 1. The summed E-state index contributed by atoms with van der Waals surface area (Å²) in [5.74, 6) is 3.49. The number of ether oxygens (including phenoxy) is 1. The van der Waals surface area contributed by atoms with Crippen molar-refractivity contribution >= 4 is 5.78 Å². The zero-order valence-corrected chi connectivity index (χ0v) is 22.5. The zero-order chi connectivity index (χ0) is 25.7. The average Bonchev–Trinajstić information content (AvgIpc) is 3.47. The van der Waals surface area contributed by atoms with Gasteiger partial charge in [0.2, 0.25) is 0 Å². The molecule has 3 aliphatic rings. The molecule has 0 spiro atoms. The molecule has 2 aliphatic heterocycles. The third kappa shape index (κ3) is 5.86. The van der Waals surface area contributed by atoms with E-state index in [1.165, 1.54) is 70.1 Å². The summed E-state index contributed by atoms with van der Waals surface area (Å²) in [5, 5.41) is 0. The molecule has 2 aromatic carbocycles. The standard InChI is InChI=1S/C34H40N2O2/c37-33(29-12-10-27(11-13-29)30-3-2-18-35-24-30)23-26-8-6-25(7-9-26)14-19-36-20-15-28(16-21-36)31-4-1-5-34-32(31)17-22-38-34/h1-5,10-13,18,24-26,28H,6-9,14-17,19-23H2. The number of pyridine rings is 1. The predicted molar refractivity (Wildman–Crippen MR) is 153 cm³/mol. The molecule has 0 amide bonds. The Balaban J connectivity index is 0.911. The van der Waals surface area contributed by atoms with Gasteiger partial charge in [-0.1, -0.05) is 55.3 Å². The molecule has 3 aromatic rings. The Labute approximate surface area is 227 Å². The van der Waals surface area contributed by atoms with Gasteiger partial charge in [0.05, 0.1) is 6.61 Å². The summed E-state index contributed by atoms with van der Waals surface area (Å²) in [6, 6.07) is 18.7. The van der Waals surface area contributed by atoms with Crippen LogP contribution < -0.4 is 4.74 Å². The number of fused-ring (bicyclic) bond motifs is 1. The van der Waals surface area contributed by atoms with Crippen molar-refractivity contribution in [3.05, 3.63) is 83.7 Å². The Kier molecular flexibility index (Phi) is 7.87. The van der Waals surface area contributed by atoms with Gasteiger partial charge >= 0.3 is 0 Å². The molecule has 4 nitrogen and oxygen atoms in total. The number of hydrogen-bond donors (Lipinski definition) is 0. The summed E-state index contributed by atoms with van der Waals surface area (Å²) < 4.78 is 5.80. The Morgan fingerprint density at radius 2 is 1.66 bits per heavy atom. The van der Waals surface area contributed by atoms with Gasteiger partial charge in [-0.3, -0.25) is 9.78 Å². The van der Waals surface area contributed by atoms with Crippen LogP contribution in [0, 0.1) is 11.8 Å². The number of carbonyl (C=O) groups excluding carboxylic acids is 1. The van der Waals surface area contributed by atoms with E-state index in [4.69, 9.17) is 4.74 Å². The maximum Gasteiger partial charge on any atom is 0.163 e. The number of piperidine rings is 1. The van der Waals surface area contributed by atoms with Gasteiger partial charge < -0.3 is 9.64 Å². The molecule has 1 saturated heterocycles. The van der Waals surface area contributed by atoms with E-state index < -0.39 is 0 Å². The topological polar surface area (TPSA) is 42.4 Å². The second kappa shape index (κ2) is 11.8. The Morgan fingerprint density at radius 1 is 0.868 bits per heavy atom. The summed E-state index contributed by atoms with van der Waals surface area (Å²) in [6.07, 6.45) is 14.3. The lowest BCUT2D eigenvalue weighted by Gasteiger charge is -2.35. The van der Waals surface area contributed by atoms with Crippen molar-refractivity contribution in [3.63, 3.8) is 0 Å². The van der Waals surface area contributed by atoms with Gasteiger partial charge in [-0.15, -0.1) is 0 Å². The lowest BCUT2D eigenvalue weighted by molar-refractivity contribution is 0.0939. The van der Waals surface area contributed by atoms with E-state index in [1.807, 2.05) is 36.5 Å². The second-order valence-electron chi connectivity index (χ2n) is 11.7. The quantitative estimate of drug-likeness (QED) is 0.299. The monoisotopic (exact) mass is 508 g/mol. The van der Waals surface area contributed by atoms with Crippen molar-refractivity contribution in [2.75, 3.05) is 26.2 Å². The van der Waals surface area contributed by atoms with Crippen LogP contribution >= 0.6 is 0 Å². The highest BCUT2D eigenvalue weighted by Gasteiger charge is 2.27. The first-order valence-electron chi connectivity index (χ1n) is 14.7. The normalized spacial score (nSPS) is 22.1. The fourth-order valence-corrected chi connectivity index (χ4v) is 6.95. The second-order valence-corrected chi connectivity index (χ2v) is 11.7. The van der Waals surface area contributed by atoms with E-state index in [0.29, 0.717) is 24.0 Å². The molecule has 0 radical (unpaired) electrons. The van der Waals surface area contributed by atoms with Gasteiger partial charge in [-0.2, -0.15) is 0 Å². The first-order valence-corrected chi connectivity index (χ1v) is 14.7. The minimum absolute atomic E-state index is 0.296. The van der Waals surface area contributed by atoms with Crippen molar-refractivity contribution in [2.45, 2.75) is 63.7 Å². The summed E-state index contributed by atoms with van der Waals surface area (Å²) in [5.41, 5.74) is 6.07. The lowest BCUT2D eigenvalue weighted by Crippen LogP contribution is -2.35. The van der Waals surface area contributed by atoms with E-state index in [-0.39, 0.29) is 0 Å². The molecule has 38 heavy (non-hydrogen) atoms. The molecule has 1 aromatic heterocycles. The number of hydrogen-bond acceptors (Lipinski definition) is 4. The number of Topliss-reactive ketones (excluding diaryl/α,β-unsaturated/α-hetero) is 1. The Morgan fingerprint density at radius 3 is 2.42 bits per heavy atom. The number of likely N-dealkylation sites (tertiary alicyclic amines) is 1. The molecular weight excluding hydrogens is 468 g/mol.